The van der Waals surface area contributed by atoms with E-state index in [0.717, 1.165) is 5.69 Å². The van der Waals surface area contributed by atoms with Crippen molar-refractivity contribution in [2.45, 2.75) is 0 Å². The molecule has 2 amide bonds. The Kier molecular flexibility index (Phi) is 5.85. The van der Waals surface area contributed by atoms with Crippen LogP contribution in [0, 0.1) is 0 Å². The zero-order valence-corrected chi connectivity index (χ0v) is 16.2. The van der Waals surface area contributed by atoms with Crippen LogP contribution >= 0.6 is 0 Å². The highest BCUT2D eigenvalue weighted by Crippen LogP contribution is 2.17. The van der Waals surface area contributed by atoms with Crippen LogP contribution in [0.2, 0.25) is 0 Å². The first-order valence-corrected chi connectivity index (χ1v) is 9.31. The normalized spacial score (nSPS) is 10.2. The molecule has 4 rings (SSSR count). The Labute approximate surface area is 177 Å². The first-order valence-electron chi connectivity index (χ1n) is 9.31. The van der Waals surface area contributed by atoms with Gasteiger partial charge in [-0.05, 0) is 48.5 Å². The van der Waals surface area contributed by atoms with Crippen molar-refractivity contribution >= 4 is 34.8 Å². The Morgan fingerprint density at radius 1 is 0.645 bits per heavy atom. The lowest BCUT2D eigenvalue weighted by Crippen LogP contribution is -2.16. The highest BCUT2D eigenvalue weighted by Gasteiger charge is 2.11. The Morgan fingerprint density at radius 3 is 2.10 bits per heavy atom. The molecule has 1 aromatic carbocycles. The van der Waals surface area contributed by atoms with E-state index in [-0.39, 0.29) is 17.5 Å². The van der Waals surface area contributed by atoms with Crippen LogP contribution in [0.4, 0.5) is 23.0 Å². The van der Waals surface area contributed by atoms with Gasteiger partial charge in [-0.2, -0.15) is 0 Å². The van der Waals surface area contributed by atoms with E-state index < -0.39 is 5.91 Å². The summed E-state index contributed by atoms with van der Waals surface area (Å²) in [5.74, 6) is -0.463. The molecule has 3 heterocycles. The van der Waals surface area contributed by atoms with E-state index in [1.54, 1.807) is 73.2 Å². The van der Waals surface area contributed by atoms with Gasteiger partial charge >= 0.3 is 0 Å². The number of nitrogens with one attached hydrogen (secondary N) is 3. The maximum Gasteiger partial charge on any atom is 0.274 e. The molecule has 31 heavy (non-hydrogen) atoms. The number of benzene rings is 1. The average Bonchev–Trinajstić information content (AvgIpc) is 2.81. The molecule has 0 bridgehead atoms. The molecular weight excluding hydrogens is 394 g/mol. The number of nitrogens with zero attached hydrogens (tertiary/aromatic N) is 4. The minimum atomic E-state index is -0.409. The second kappa shape index (κ2) is 9.23. The van der Waals surface area contributed by atoms with Gasteiger partial charge in [-0.15, -0.1) is 0 Å². The maximum absolute atomic E-state index is 12.6. The third-order valence-corrected chi connectivity index (χ3v) is 4.10. The highest BCUT2D eigenvalue weighted by molar-refractivity contribution is 6.05. The summed E-state index contributed by atoms with van der Waals surface area (Å²) in [4.78, 5) is 41.2. The molecule has 152 valence electrons. The minimum absolute atomic E-state index is 0.189. The molecule has 4 aromatic rings. The lowest BCUT2D eigenvalue weighted by Gasteiger charge is -2.09. The van der Waals surface area contributed by atoms with E-state index in [1.165, 1.54) is 12.3 Å². The quantitative estimate of drug-likeness (QED) is 0.444. The van der Waals surface area contributed by atoms with Crippen LogP contribution in [0.5, 0.6) is 0 Å². The van der Waals surface area contributed by atoms with Crippen molar-refractivity contribution in [3.05, 3.63) is 96.8 Å². The molecule has 0 aliphatic carbocycles. The average molecular weight is 411 g/mol. The van der Waals surface area contributed by atoms with Crippen LogP contribution in [-0.2, 0) is 0 Å². The molecule has 0 saturated heterocycles. The summed E-state index contributed by atoms with van der Waals surface area (Å²) in [6, 6.07) is 16.9. The summed E-state index contributed by atoms with van der Waals surface area (Å²) in [6.07, 6.45) is 6.32. The molecule has 0 aliphatic heterocycles. The zero-order chi connectivity index (χ0) is 21.5. The van der Waals surface area contributed by atoms with E-state index in [2.05, 4.69) is 35.9 Å². The summed E-state index contributed by atoms with van der Waals surface area (Å²) in [7, 11) is 0. The number of carbonyl (C=O) groups is 2. The molecule has 3 aromatic heterocycles. The van der Waals surface area contributed by atoms with Gasteiger partial charge in [0.1, 0.15) is 11.4 Å². The fourth-order valence-corrected chi connectivity index (χ4v) is 2.67. The van der Waals surface area contributed by atoms with E-state index in [9.17, 15) is 9.59 Å². The second-order valence-electron chi connectivity index (χ2n) is 6.33. The fraction of sp³-hybridized carbons (Fsp3) is 0. The van der Waals surface area contributed by atoms with Crippen LogP contribution in [0.15, 0.2) is 85.5 Å². The number of anilines is 4. The van der Waals surface area contributed by atoms with Gasteiger partial charge in [-0.3, -0.25) is 19.6 Å². The third-order valence-electron chi connectivity index (χ3n) is 4.10. The van der Waals surface area contributed by atoms with Crippen molar-refractivity contribution in [1.29, 1.82) is 0 Å². The van der Waals surface area contributed by atoms with E-state index >= 15 is 0 Å². The number of hydrogen-bond donors (Lipinski definition) is 3. The minimum Gasteiger partial charge on any atom is -0.324 e. The van der Waals surface area contributed by atoms with Gasteiger partial charge in [0.25, 0.3) is 11.8 Å². The topological polar surface area (TPSA) is 122 Å². The van der Waals surface area contributed by atoms with Crippen LogP contribution in [0.3, 0.4) is 0 Å². The van der Waals surface area contributed by atoms with Crippen LogP contribution in [-0.4, -0.2) is 31.8 Å². The van der Waals surface area contributed by atoms with Crippen LogP contribution in [0.1, 0.15) is 21.0 Å². The SMILES string of the molecule is O=C(Nc1cccc(NC(=O)c2ccnc(Nc3ccncc3)n2)c1)c1ccccn1. The van der Waals surface area contributed by atoms with E-state index in [4.69, 9.17) is 0 Å². The lowest BCUT2D eigenvalue weighted by atomic mass is 10.2. The van der Waals surface area contributed by atoms with Crippen molar-refractivity contribution in [2.75, 3.05) is 16.0 Å². The summed E-state index contributed by atoms with van der Waals surface area (Å²) >= 11 is 0. The Balaban J connectivity index is 1.43. The van der Waals surface area contributed by atoms with Crippen LogP contribution < -0.4 is 16.0 Å². The van der Waals surface area contributed by atoms with Gasteiger partial charge < -0.3 is 16.0 Å². The molecule has 0 fully saturated rings. The van der Waals surface area contributed by atoms with Crippen molar-refractivity contribution in [2.24, 2.45) is 0 Å². The third kappa shape index (κ3) is 5.24. The predicted molar refractivity (Wildman–Crippen MR) is 116 cm³/mol. The molecule has 3 N–H and O–H groups in total. The molecule has 0 radical (unpaired) electrons. The number of amides is 2. The molecule has 0 saturated carbocycles. The summed E-state index contributed by atoms with van der Waals surface area (Å²) in [5, 5.41) is 8.54. The monoisotopic (exact) mass is 411 g/mol. The fourth-order valence-electron chi connectivity index (χ4n) is 2.67. The Bertz CT molecular complexity index is 1200. The smallest absolute Gasteiger partial charge is 0.274 e. The highest BCUT2D eigenvalue weighted by atomic mass is 16.2. The maximum atomic E-state index is 12.6. The molecule has 9 nitrogen and oxygen atoms in total. The van der Waals surface area contributed by atoms with Crippen molar-refractivity contribution in [3.8, 4) is 0 Å². The Hall–Kier alpha value is -4.66. The van der Waals surface area contributed by atoms with Gasteiger partial charge in [0.05, 0.1) is 0 Å². The van der Waals surface area contributed by atoms with Gasteiger partial charge in [0.2, 0.25) is 5.95 Å². The summed E-state index contributed by atoms with van der Waals surface area (Å²) < 4.78 is 0. The van der Waals surface area contributed by atoms with Crippen LogP contribution in [0.25, 0.3) is 0 Å². The lowest BCUT2D eigenvalue weighted by molar-refractivity contribution is 0.101. The standard InChI is InChI=1S/C22H17N7O2/c30-20(18-6-1-2-10-24-18)26-16-4-3-5-17(14-16)27-21(31)19-9-13-25-22(29-19)28-15-7-11-23-12-8-15/h1-14H,(H,26,30)(H,27,31)(H,23,25,28,29). The van der Waals surface area contributed by atoms with Crippen molar-refractivity contribution < 1.29 is 9.59 Å². The molecule has 0 aliphatic rings. The first-order chi connectivity index (χ1) is 15.2. The molecule has 9 heteroatoms. The van der Waals surface area contributed by atoms with Gasteiger partial charge in [-0.1, -0.05) is 12.1 Å². The van der Waals surface area contributed by atoms with E-state index in [1.807, 2.05) is 0 Å². The van der Waals surface area contributed by atoms with Crippen molar-refractivity contribution in [1.82, 2.24) is 19.9 Å². The number of carbonyl (C=O) groups excluding carboxylic acids is 2. The number of pyridine rings is 2. The van der Waals surface area contributed by atoms with Crippen molar-refractivity contribution in [3.63, 3.8) is 0 Å². The summed E-state index contributed by atoms with van der Waals surface area (Å²) in [6.45, 7) is 0. The molecule has 0 unspecified atom stereocenters. The Morgan fingerprint density at radius 2 is 1.39 bits per heavy atom. The number of aromatic nitrogens is 4. The zero-order valence-electron chi connectivity index (χ0n) is 16.2. The van der Waals surface area contributed by atoms with Gasteiger partial charge in [0, 0.05) is 41.8 Å². The molecule has 0 spiro atoms. The van der Waals surface area contributed by atoms with Gasteiger partial charge in [-0.25, -0.2) is 9.97 Å². The number of hydrogen-bond acceptors (Lipinski definition) is 7. The number of rotatable bonds is 6. The second-order valence-corrected chi connectivity index (χ2v) is 6.33. The largest absolute Gasteiger partial charge is 0.324 e. The molecular formula is C22H17N7O2. The first kappa shape index (κ1) is 19.6. The predicted octanol–water partition coefficient (Wildman–Crippen LogP) is 3.51. The van der Waals surface area contributed by atoms with E-state index in [0.29, 0.717) is 17.1 Å². The molecule has 0 atom stereocenters. The summed E-state index contributed by atoms with van der Waals surface area (Å²) in [5.41, 5.74) is 2.27. The van der Waals surface area contributed by atoms with Gasteiger partial charge in [0.15, 0.2) is 0 Å².